The molecule has 0 radical (unpaired) electrons. The summed E-state index contributed by atoms with van der Waals surface area (Å²) in [4.78, 5) is 10.9. The first-order valence-corrected chi connectivity index (χ1v) is 29.1. The molecule has 0 atom stereocenters. The molecule has 10 aliphatic rings. The average molecular weight is 1020 g/mol. The Morgan fingerprint density at radius 3 is 1.42 bits per heavy atom. The zero-order valence-electron chi connectivity index (χ0n) is 44.5. The molecule has 0 saturated heterocycles. The van der Waals surface area contributed by atoms with Crippen LogP contribution in [0.2, 0.25) is 0 Å². The van der Waals surface area contributed by atoms with Gasteiger partial charge in [-0.2, -0.15) is 0 Å². The van der Waals surface area contributed by atoms with E-state index in [2.05, 4.69) is 226 Å². The third-order valence-corrected chi connectivity index (χ3v) is 20.9. The minimum absolute atomic E-state index is 0.0635. The predicted molar refractivity (Wildman–Crippen MR) is 353 cm³/mol. The highest BCUT2D eigenvalue weighted by Crippen LogP contribution is 2.55. The van der Waals surface area contributed by atoms with Gasteiger partial charge in [0.15, 0.2) is 14.6 Å². The summed E-state index contributed by atoms with van der Waals surface area (Å²) >= 11 is 0. The molecule has 81 heavy (non-hydrogen) atoms. The zero-order valence-corrected chi connectivity index (χ0v) is 44.5. The fourth-order valence-corrected chi connectivity index (χ4v) is 18.2. The minimum atomic E-state index is 0.0635. The number of anilines is 13. The van der Waals surface area contributed by atoms with Gasteiger partial charge in [0.05, 0.1) is 0 Å². The summed E-state index contributed by atoms with van der Waals surface area (Å²) < 4.78 is 0. The molecular formula is C69H44B6N6. The van der Waals surface area contributed by atoms with Gasteiger partial charge in [-0.25, -0.2) is 0 Å². The van der Waals surface area contributed by atoms with Crippen molar-refractivity contribution in [2.45, 2.75) is 6.92 Å². The van der Waals surface area contributed by atoms with Gasteiger partial charge >= 0.3 is 0 Å². The van der Waals surface area contributed by atoms with E-state index in [1.54, 1.807) is 0 Å². The SMILES string of the molecule is C=C/C=C\C1=C(C)B2c3ccccc3N3c4ccccc4Bc4c3c2c2c3c5c(c6c7c8c9c%10c%11c7c7c(c6c43)Nc3ccccc3B7CN%11c3ccccc3B%10c3ccccc3N9c3ccccc3B8)Nc3ccccc3B5CN12. The predicted octanol–water partition coefficient (Wildman–Crippen LogP) is 5.50. The van der Waals surface area contributed by atoms with Crippen LogP contribution in [-0.4, -0.2) is 54.3 Å². The van der Waals surface area contributed by atoms with Crippen molar-refractivity contribution in [2.24, 2.45) is 0 Å². The molecule has 11 aromatic rings. The molecule has 0 spiro atoms. The average Bonchev–Trinajstić information content (AvgIpc) is 2.64. The van der Waals surface area contributed by atoms with Crippen LogP contribution in [0, 0.1) is 0 Å². The zero-order chi connectivity index (χ0) is 52.4. The summed E-state index contributed by atoms with van der Waals surface area (Å²) in [7, 11) is 1.66. The van der Waals surface area contributed by atoms with E-state index < -0.39 is 0 Å². The molecular weight excluding hydrogens is 978 g/mol. The quantitative estimate of drug-likeness (QED) is 0.136. The highest BCUT2D eigenvalue weighted by atomic mass is 15.2. The van der Waals surface area contributed by atoms with E-state index >= 15 is 0 Å². The first kappa shape index (κ1) is 42.5. The fraction of sp³-hybridized carbons (Fsp3) is 0.0435. The molecule has 10 aliphatic heterocycles. The lowest BCUT2D eigenvalue weighted by Crippen LogP contribution is -2.68. The van der Waals surface area contributed by atoms with Crippen molar-refractivity contribution < 1.29 is 0 Å². The van der Waals surface area contributed by atoms with Crippen LogP contribution in [0.4, 0.5) is 73.9 Å². The van der Waals surface area contributed by atoms with Crippen LogP contribution in [-0.2, 0) is 0 Å². The maximum Gasteiger partial charge on any atom is 0.252 e. The smallest absolute Gasteiger partial charge is 0.252 e. The van der Waals surface area contributed by atoms with E-state index in [9.17, 15) is 0 Å². The Morgan fingerprint density at radius 1 is 0.432 bits per heavy atom. The first-order chi connectivity index (χ1) is 40.1. The maximum atomic E-state index is 4.43. The number of rotatable bonds is 2. The lowest BCUT2D eigenvalue weighted by Gasteiger charge is -2.52. The molecule has 0 saturated carbocycles. The van der Waals surface area contributed by atoms with Gasteiger partial charge in [-0.15, -0.1) is 0 Å². The third-order valence-electron chi connectivity index (χ3n) is 20.9. The number of benzene rings is 11. The van der Waals surface area contributed by atoms with Crippen LogP contribution >= 0.6 is 0 Å². The number of nitrogens with zero attached hydrogens (tertiary/aromatic N) is 4. The summed E-state index contributed by atoms with van der Waals surface area (Å²) in [5, 5.41) is 17.2. The van der Waals surface area contributed by atoms with E-state index in [1.165, 1.54) is 188 Å². The van der Waals surface area contributed by atoms with Gasteiger partial charge in [0.1, 0.15) is 0 Å². The van der Waals surface area contributed by atoms with Crippen molar-refractivity contribution in [1.82, 2.24) is 0 Å². The van der Waals surface area contributed by atoms with Crippen LogP contribution in [0.1, 0.15) is 6.92 Å². The van der Waals surface area contributed by atoms with Crippen molar-refractivity contribution in [3.63, 3.8) is 0 Å². The lowest BCUT2D eigenvalue weighted by molar-refractivity contribution is 1.07. The normalized spacial score (nSPS) is 16.3. The highest BCUT2D eigenvalue weighted by Gasteiger charge is 2.54. The second-order valence-corrected chi connectivity index (χ2v) is 24.2. The lowest BCUT2D eigenvalue weighted by atomic mass is 9.29. The van der Waals surface area contributed by atoms with Crippen LogP contribution in [0.15, 0.2) is 206 Å². The van der Waals surface area contributed by atoms with Crippen LogP contribution in [0.5, 0.6) is 0 Å². The van der Waals surface area contributed by atoms with Crippen LogP contribution < -0.4 is 101 Å². The van der Waals surface area contributed by atoms with Crippen molar-refractivity contribution in [3.05, 3.63) is 206 Å². The summed E-state index contributed by atoms with van der Waals surface area (Å²) in [5.41, 5.74) is 37.9. The number of hydrogen-bond acceptors (Lipinski definition) is 6. The Kier molecular flexibility index (Phi) is 7.62. The summed E-state index contributed by atoms with van der Waals surface area (Å²) in [6, 6.07) is 65.2. The molecule has 0 fully saturated rings. The standard InChI is InChI=1S/C69H44B6N6/c1-3-4-28-46-36(2)74-42-24-10-17-32-50(42)80-47-29-14-5-19-37(47)70-58-52-54-55(64-60-56(52)66(62(74)68(58)80)78(46)34-72(60)39-21-7-12-26-44(39)76-64)53-57-61-65(54)77-45-27-13-8-22-40(45)73(61)35-79-49-31-16-9-23-41(49)75-43-25-11-18-33-51(43)81-48-30-15-6-20-38(48)71-59(53)69(81)63(75)67(57)79/h3-33,70-71,76-77H,1,34-35H2,2H3/b28-4-. The van der Waals surface area contributed by atoms with E-state index in [0.29, 0.717) is 0 Å². The second-order valence-electron chi connectivity index (χ2n) is 24.2. The fourth-order valence-electron chi connectivity index (χ4n) is 18.2. The number of hydrogen-bond donors (Lipinski definition) is 2. The Hall–Kier alpha value is -9.39. The molecule has 0 aliphatic carbocycles. The Balaban J connectivity index is 1.05. The molecule has 0 amide bonds. The van der Waals surface area contributed by atoms with Gasteiger partial charge < -0.3 is 30.2 Å². The molecule has 0 bridgehead atoms. The van der Waals surface area contributed by atoms with Crippen molar-refractivity contribution in [1.29, 1.82) is 0 Å². The molecule has 0 aromatic heterocycles. The number of nitrogens with one attached hydrogen (secondary N) is 2. The minimum Gasteiger partial charge on any atom is -0.356 e. The number of para-hydroxylation sites is 7. The van der Waals surface area contributed by atoms with E-state index in [1.807, 2.05) is 6.08 Å². The summed E-state index contributed by atoms with van der Waals surface area (Å²) in [5.74, 6) is 0. The molecule has 12 heteroatoms. The molecule has 10 heterocycles. The van der Waals surface area contributed by atoms with Gasteiger partial charge in [0.25, 0.3) is 6.71 Å². The number of fused-ring (bicyclic) bond motifs is 24. The third kappa shape index (κ3) is 4.78. The van der Waals surface area contributed by atoms with Crippen molar-refractivity contribution in [3.8, 4) is 0 Å². The van der Waals surface area contributed by atoms with E-state index in [-0.39, 0.29) is 26.9 Å². The van der Waals surface area contributed by atoms with Crippen molar-refractivity contribution >= 4 is 219 Å². The van der Waals surface area contributed by atoms with Gasteiger partial charge in [-0.05, 0) is 126 Å². The molecule has 11 aromatic carbocycles. The van der Waals surface area contributed by atoms with Gasteiger partial charge in [-0.3, -0.25) is 0 Å². The largest absolute Gasteiger partial charge is 0.356 e. The van der Waals surface area contributed by atoms with Crippen molar-refractivity contribution in [2.75, 3.05) is 43.1 Å². The van der Waals surface area contributed by atoms with Crippen LogP contribution in [0.3, 0.4) is 0 Å². The summed E-state index contributed by atoms with van der Waals surface area (Å²) in [6.45, 7) is 6.96. The Labute approximate surface area is 471 Å². The second kappa shape index (κ2) is 14.5. The Morgan fingerprint density at radius 2 is 0.864 bits per heavy atom. The van der Waals surface area contributed by atoms with Crippen LogP contribution in [0.25, 0.3) is 32.3 Å². The first-order valence-electron chi connectivity index (χ1n) is 29.1. The highest BCUT2D eigenvalue weighted by molar-refractivity contribution is 7.03. The molecule has 0 unspecified atom stereocenters. The molecule has 368 valence electrons. The Bertz CT molecular complexity index is 5030. The number of allylic oxidation sites excluding steroid dienone is 4. The van der Waals surface area contributed by atoms with E-state index in [0.717, 1.165) is 27.4 Å². The van der Waals surface area contributed by atoms with Gasteiger partial charge in [0.2, 0.25) is 20.1 Å². The summed E-state index contributed by atoms with van der Waals surface area (Å²) in [6.07, 6.45) is 8.15. The molecule has 2 N–H and O–H groups in total. The van der Waals surface area contributed by atoms with E-state index in [4.69, 9.17) is 0 Å². The topological polar surface area (TPSA) is 37.0 Å². The molecule has 6 nitrogen and oxygen atoms in total. The monoisotopic (exact) mass is 1020 g/mol. The maximum absolute atomic E-state index is 4.43. The van der Waals surface area contributed by atoms with Gasteiger partial charge in [-0.1, -0.05) is 163 Å². The van der Waals surface area contributed by atoms with Gasteiger partial charge in [0, 0.05) is 114 Å². The molecule has 21 rings (SSSR count).